The first kappa shape index (κ1) is 8.33. The lowest BCUT2D eigenvalue weighted by atomic mass is 10.00. The minimum atomic E-state index is 0.118. The van der Waals surface area contributed by atoms with Crippen LogP contribution in [0.4, 0.5) is 0 Å². The second kappa shape index (κ2) is 3.09. The first-order valence-corrected chi connectivity index (χ1v) is 3.85. The molecule has 11 heavy (non-hydrogen) atoms. The summed E-state index contributed by atoms with van der Waals surface area (Å²) in [6.45, 7) is 3.81. The average Bonchev–Trinajstić information content (AvgIpc) is 2.31. The van der Waals surface area contributed by atoms with Crippen LogP contribution in [0.1, 0.15) is 6.92 Å². The van der Waals surface area contributed by atoms with E-state index in [-0.39, 0.29) is 12.6 Å². The highest BCUT2D eigenvalue weighted by Crippen LogP contribution is 2.21. The number of aliphatic hydroxyl groups is 1. The van der Waals surface area contributed by atoms with Crippen molar-refractivity contribution in [1.82, 2.24) is 4.90 Å². The van der Waals surface area contributed by atoms with Crippen molar-refractivity contribution in [2.45, 2.75) is 6.92 Å². The molecule has 0 aliphatic carbocycles. The van der Waals surface area contributed by atoms with Crippen LogP contribution in [0.2, 0.25) is 0 Å². The van der Waals surface area contributed by atoms with Crippen molar-refractivity contribution < 1.29 is 5.11 Å². The molecule has 0 saturated carbocycles. The number of aliphatic hydroxyl groups excluding tert-OH is 1. The normalized spacial score (nSPS) is 30.9. The summed E-state index contributed by atoms with van der Waals surface area (Å²) >= 11 is 0. The van der Waals surface area contributed by atoms with Crippen molar-refractivity contribution >= 4 is 5.96 Å². The van der Waals surface area contributed by atoms with Gasteiger partial charge >= 0.3 is 0 Å². The number of nitrogens with zero attached hydrogens (tertiary/aromatic N) is 1. The van der Waals surface area contributed by atoms with E-state index in [1.54, 1.807) is 4.90 Å². The highest BCUT2D eigenvalue weighted by atomic mass is 16.3. The molecule has 0 aromatic heterocycles. The molecular weight excluding hydrogens is 142 g/mol. The molecule has 4 heteroatoms. The van der Waals surface area contributed by atoms with Crippen LogP contribution in [0.5, 0.6) is 0 Å². The molecule has 1 aliphatic rings. The Morgan fingerprint density at radius 1 is 1.73 bits per heavy atom. The first-order chi connectivity index (χ1) is 5.15. The van der Waals surface area contributed by atoms with E-state index in [2.05, 4.69) is 6.92 Å². The molecule has 0 amide bonds. The topological polar surface area (TPSA) is 73.3 Å². The highest BCUT2D eigenvalue weighted by molar-refractivity contribution is 5.74. The van der Waals surface area contributed by atoms with Crippen LogP contribution in [-0.2, 0) is 0 Å². The van der Waals surface area contributed by atoms with Gasteiger partial charge in [-0.05, 0) is 5.92 Å². The molecule has 4 N–H and O–H groups in total. The molecule has 0 bridgehead atoms. The van der Waals surface area contributed by atoms with Gasteiger partial charge < -0.3 is 15.7 Å². The van der Waals surface area contributed by atoms with Crippen LogP contribution in [-0.4, -0.2) is 35.7 Å². The van der Waals surface area contributed by atoms with Gasteiger partial charge in [-0.2, -0.15) is 0 Å². The van der Waals surface area contributed by atoms with Gasteiger partial charge in [-0.15, -0.1) is 0 Å². The Labute approximate surface area is 66.5 Å². The van der Waals surface area contributed by atoms with E-state index in [1.807, 2.05) is 0 Å². The van der Waals surface area contributed by atoms with Crippen LogP contribution in [0.3, 0.4) is 0 Å². The van der Waals surface area contributed by atoms with E-state index in [1.165, 1.54) is 0 Å². The Balaban J connectivity index is 2.49. The average molecular weight is 157 g/mol. The van der Waals surface area contributed by atoms with E-state index in [0.29, 0.717) is 11.8 Å². The molecule has 0 radical (unpaired) electrons. The van der Waals surface area contributed by atoms with Gasteiger partial charge in [0.1, 0.15) is 0 Å². The van der Waals surface area contributed by atoms with Crippen molar-refractivity contribution in [3.8, 4) is 0 Å². The zero-order chi connectivity index (χ0) is 8.43. The second-order valence-electron chi connectivity index (χ2n) is 3.21. The maximum Gasteiger partial charge on any atom is 0.188 e. The molecule has 4 nitrogen and oxygen atoms in total. The monoisotopic (exact) mass is 157 g/mol. The molecular formula is C7H15N3O. The summed E-state index contributed by atoms with van der Waals surface area (Å²) in [6, 6.07) is 0. The molecule has 1 aliphatic heterocycles. The first-order valence-electron chi connectivity index (χ1n) is 3.85. The molecule has 0 aromatic carbocycles. The van der Waals surface area contributed by atoms with E-state index in [4.69, 9.17) is 16.2 Å². The molecule has 2 atom stereocenters. The summed E-state index contributed by atoms with van der Waals surface area (Å²) < 4.78 is 0. The third-order valence-electron chi connectivity index (χ3n) is 2.34. The summed E-state index contributed by atoms with van der Waals surface area (Å²) in [5.41, 5.74) is 5.30. The summed E-state index contributed by atoms with van der Waals surface area (Å²) in [5, 5.41) is 16.1. The number of rotatable bonds is 1. The smallest absolute Gasteiger partial charge is 0.188 e. The Bertz CT molecular complexity index is 160. The fourth-order valence-electron chi connectivity index (χ4n) is 1.47. The molecule has 0 unspecified atom stereocenters. The van der Waals surface area contributed by atoms with Crippen LogP contribution in [0.25, 0.3) is 0 Å². The van der Waals surface area contributed by atoms with Crippen molar-refractivity contribution in [1.29, 1.82) is 5.41 Å². The van der Waals surface area contributed by atoms with Crippen LogP contribution < -0.4 is 5.73 Å². The lowest BCUT2D eigenvalue weighted by Gasteiger charge is -2.14. The number of likely N-dealkylation sites (tertiary alicyclic amines) is 1. The minimum absolute atomic E-state index is 0.118. The SMILES string of the molecule is C[C@@H]1CN(C(=N)N)C[C@@H]1CO. The lowest BCUT2D eigenvalue weighted by molar-refractivity contribution is 0.209. The largest absolute Gasteiger partial charge is 0.396 e. The number of guanidine groups is 1. The van der Waals surface area contributed by atoms with Crippen molar-refractivity contribution in [3.05, 3.63) is 0 Å². The van der Waals surface area contributed by atoms with Crippen LogP contribution in [0.15, 0.2) is 0 Å². The van der Waals surface area contributed by atoms with E-state index >= 15 is 0 Å². The van der Waals surface area contributed by atoms with E-state index < -0.39 is 0 Å². The van der Waals surface area contributed by atoms with Crippen LogP contribution in [0, 0.1) is 17.2 Å². The quantitative estimate of drug-likeness (QED) is 0.353. The number of hydrogen-bond acceptors (Lipinski definition) is 2. The summed E-state index contributed by atoms with van der Waals surface area (Å²) in [4.78, 5) is 1.80. The predicted molar refractivity (Wildman–Crippen MR) is 43.2 cm³/mol. The summed E-state index contributed by atoms with van der Waals surface area (Å²) in [5.74, 6) is 0.857. The Hall–Kier alpha value is -0.770. The molecule has 1 fully saturated rings. The predicted octanol–water partition coefficient (Wildman–Crippen LogP) is -0.560. The number of hydrogen-bond donors (Lipinski definition) is 3. The van der Waals surface area contributed by atoms with Gasteiger partial charge in [0, 0.05) is 25.6 Å². The number of nitrogens with two attached hydrogens (primary N) is 1. The third kappa shape index (κ3) is 1.63. The molecule has 1 heterocycles. The van der Waals surface area contributed by atoms with Crippen molar-refractivity contribution in [3.63, 3.8) is 0 Å². The molecule has 64 valence electrons. The highest BCUT2D eigenvalue weighted by Gasteiger charge is 2.29. The van der Waals surface area contributed by atoms with Crippen molar-refractivity contribution in [2.75, 3.05) is 19.7 Å². The fourth-order valence-corrected chi connectivity index (χ4v) is 1.47. The molecule has 1 rings (SSSR count). The second-order valence-corrected chi connectivity index (χ2v) is 3.21. The van der Waals surface area contributed by atoms with Crippen molar-refractivity contribution in [2.24, 2.45) is 17.6 Å². The van der Waals surface area contributed by atoms with Crippen LogP contribution >= 0.6 is 0 Å². The summed E-state index contributed by atoms with van der Waals surface area (Å²) in [7, 11) is 0. The summed E-state index contributed by atoms with van der Waals surface area (Å²) in [6.07, 6.45) is 0. The molecule has 0 aromatic rings. The number of nitrogens with one attached hydrogen (secondary N) is 1. The van der Waals surface area contributed by atoms with Gasteiger partial charge in [-0.25, -0.2) is 0 Å². The fraction of sp³-hybridized carbons (Fsp3) is 0.857. The third-order valence-corrected chi connectivity index (χ3v) is 2.34. The van der Waals surface area contributed by atoms with Gasteiger partial charge in [0.25, 0.3) is 0 Å². The molecule has 1 saturated heterocycles. The Morgan fingerprint density at radius 2 is 2.36 bits per heavy atom. The van der Waals surface area contributed by atoms with E-state index in [0.717, 1.165) is 13.1 Å². The standard InChI is InChI=1S/C7H15N3O/c1-5-2-10(7(8)9)3-6(5)4-11/h5-6,11H,2-4H2,1H3,(H3,8,9)/t5-,6-/m1/s1. The van der Waals surface area contributed by atoms with Gasteiger partial charge in [-0.1, -0.05) is 6.92 Å². The van der Waals surface area contributed by atoms with Gasteiger partial charge in [0.15, 0.2) is 5.96 Å². The minimum Gasteiger partial charge on any atom is -0.396 e. The van der Waals surface area contributed by atoms with Gasteiger partial charge in [0.2, 0.25) is 0 Å². The lowest BCUT2D eigenvalue weighted by Crippen LogP contribution is -2.34. The van der Waals surface area contributed by atoms with E-state index in [9.17, 15) is 0 Å². The Morgan fingerprint density at radius 3 is 2.64 bits per heavy atom. The zero-order valence-electron chi connectivity index (χ0n) is 6.75. The maximum atomic E-state index is 8.90. The zero-order valence-corrected chi connectivity index (χ0v) is 6.75. The Kier molecular flexibility index (Phi) is 2.34. The van der Waals surface area contributed by atoms with Gasteiger partial charge in [0.05, 0.1) is 0 Å². The van der Waals surface area contributed by atoms with Gasteiger partial charge in [-0.3, -0.25) is 5.41 Å². The molecule has 0 spiro atoms. The maximum absolute atomic E-state index is 8.90.